The highest BCUT2D eigenvalue weighted by Crippen LogP contribution is 2.36. The van der Waals surface area contributed by atoms with Crippen LogP contribution in [0.2, 0.25) is 0 Å². The van der Waals surface area contributed by atoms with Gasteiger partial charge in [0, 0.05) is 28.5 Å². The molecular weight excluding hydrogens is 422 g/mol. The number of hydrogen-bond acceptors (Lipinski definition) is 7. The molecular formula is C21H19N3O4S2. The second kappa shape index (κ2) is 8.76. The summed E-state index contributed by atoms with van der Waals surface area (Å²) >= 11 is 2.81. The molecule has 1 aliphatic heterocycles. The lowest BCUT2D eigenvalue weighted by Gasteiger charge is -2.11. The van der Waals surface area contributed by atoms with Crippen LogP contribution in [0, 0.1) is 0 Å². The number of ether oxygens (including phenoxy) is 2. The van der Waals surface area contributed by atoms with E-state index in [1.807, 2.05) is 54.8 Å². The van der Waals surface area contributed by atoms with Gasteiger partial charge in [-0.05, 0) is 49.4 Å². The van der Waals surface area contributed by atoms with Crippen LogP contribution in [-0.4, -0.2) is 28.8 Å². The zero-order valence-electron chi connectivity index (χ0n) is 16.3. The van der Waals surface area contributed by atoms with Gasteiger partial charge >= 0.3 is 0 Å². The molecule has 0 spiro atoms. The van der Waals surface area contributed by atoms with Crippen LogP contribution in [0.5, 0.6) is 11.5 Å². The smallest absolute Gasteiger partial charge is 0.239 e. The lowest BCUT2D eigenvalue weighted by molar-refractivity contribution is -0.115. The molecule has 1 unspecified atom stereocenters. The Hall–Kier alpha value is -3.04. The number of benzene rings is 2. The van der Waals surface area contributed by atoms with Gasteiger partial charge in [-0.1, -0.05) is 0 Å². The van der Waals surface area contributed by atoms with E-state index in [9.17, 15) is 9.59 Å². The zero-order chi connectivity index (χ0) is 21.1. The van der Waals surface area contributed by atoms with E-state index >= 15 is 0 Å². The van der Waals surface area contributed by atoms with Gasteiger partial charge in [-0.25, -0.2) is 4.98 Å². The Morgan fingerprint density at radius 1 is 1.10 bits per heavy atom. The van der Waals surface area contributed by atoms with E-state index in [-0.39, 0.29) is 23.9 Å². The maximum atomic E-state index is 12.6. The quantitative estimate of drug-likeness (QED) is 0.543. The summed E-state index contributed by atoms with van der Waals surface area (Å²) in [6.45, 7) is 3.53. The highest BCUT2D eigenvalue weighted by molar-refractivity contribution is 8.00. The summed E-state index contributed by atoms with van der Waals surface area (Å²) in [5.41, 5.74) is 2.39. The Morgan fingerprint density at radius 3 is 2.63 bits per heavy atom. The van der Waals surface area contributed by atoms with Crippen molar-refractivity contribution in [2.24, 2.45) is 0 Å². The second-order valence-corrected chi connectivity index (χ2v) is 8.83. The van der Waals surface area contributed by atoms with Gasteiger partial charge in [-0.3, -0.25) is 9.59 Å². The Balaban J connectivity index is 1.36. The van der Waals surface area contributed by atoms with Gasteiger partial charge in [0.05, 0.1) is 10.9 Å². The average Bonchev–Trinajstić information content (AvgIpc) is 3.37. The van der Waals surface area contributed by atoms with E-state index in [2.05, 4.69) is 15.6 Å². The Kier molecular flexibility index (Phi) is 5.91. The van der Waals surface area contributed by atoms with Crippen molar-refractivity contribution in [3.05, 3.63) is 47.8 Å². The minimum atomic E-state index is -0.311. The van der Waals surface area contributed by atoms with Crippen LogP contribution in [0.4, 0.5) is 10.8 Å². The van der Waals surface area contributed by atoms with E-state index in [0.717, 1.165) is 27.6 Å². The molecule has 2 heterocycles. The molecule has 0 fully saturated rings. The molecule has 1 atom stereocenters. The van der Waals surface area contributed by atoms with Crippen molar-refractivity contribution in [3.63, 3.8) is 0 Å². The summed E-state index contributed by atoms with van der Waals surface area (Å²) in [6, 6.07) is 13.0. The van der Waals surface area contributed by atoms with Gasteiger partial charge in [-0.2, -0.15) is 0 Å². The fourth-order valence-electron chi connectivity index (χ4n) is 2.80. The number of nitrogens with one attached hydrogen (secondary N) is 2. The third-order valence-electron chi connectivity index (χ3n) is 4.26. The van der Waals surface area contributed by atoms with E-state index in [1.54, 1.807) is 0 Å². The number of fused-ring (bicyclic) bond motifs is 1. The first-order valence-electron chi connectivity index (χ1n) is 9.18. The normalized spacial score (nSPS) is 13.0. The number of nitrogens with zero attached hydrogens (tertiary/aromatic N) is 1. The first-order valence-corrected chi connectivity index (χ1v) is 10.9. The summed E-state index contributed by atoms with van der Waals surface area (Å²) < 4.78 is 10.7. The van der Waals surface area contributed by atoms with Crippen LogP contribution in [0.15, 0.2) is 52.7 Å². The molecule has 0 saturated heterocycles. The van der Waals surface area contributed by atoms with Crippen molar-refractivity contribution in [1.82, 2.24) is 4.98 Å². The summed E-state index contributed by atoms with van der Waals surface area (Å²) in [4.78, 5) is 29.1. The highest BCUT2D eigenvalue weighted by Gasteiger charge is 2.18. The molecule has 9 heteroatoms. The van der Waals surface area contributed by atoms with Crippen LogP contribution in [0.25, 0.3) is 11.3 Å². The highest BCUT2D eigenvalue weighted by atomic mass is 32.2. The van der Waals surface area contributed by atoms with E-state index in [1.165, 1.54) is 30.0 Å². The lowest BCUT2D eigenvalue weighted by Crippen LogP contribution is -2.22. The van der Waals surface area contributed by atoms with Crippen LogP contribution in [-0.2, 0) is 9.59 Å². The molecule has 154 valence electrons. The zero-order valence-corrected chi connectivity index (χ0v) is 17.9. The number of rotatable bonds is 6. The Morgan fingerprint density at radius 2 is 1.87 bits per heavy atom. The molecule has 1 aliphatic rings. The molecule has 2 amide bonds. The summed E-state index contributed by atoms with van der Waals surface area (Å²) in [7, 11) is 0. The van der Waals surface area contributed by atoms with Gasteiger partial charge < -0.3 is 20.1 Å². The van der Waals surface area contributed by atoms with E-state index in [0.29, 0.717) is 10.9 Å². The second-order valence-electron chi connectivity index (χ2n) is 6.56. The maximum Gasteiger partial charge on any atom is 0.239 e. The van der Waals surface area contributed by atoms with Crippen molar-refractivity contribution in [3.8, 4) is 22.8 Å². The standard InChI is InChI=1S/C21H19N3O4S2/c1-12(30-16-6-4-15(5-7-16)22-13(2)25)20(26)24-21-23-17(10-29-21)14-3-8-18-19(9-14)28-11-27-18/h3-10,12H,11H2,1-2H3,(H,22,25)(H,23,24,26). The molecule has 0 aliphatic carbocycles. The molecule has 2 aromatic carbocycles. The fraction of sp³-hybridized carbons (Fsp3) is 0.190. The van der Waals surface area contributed by atoms with E-state index in [4.69, 9.17) is 9.47 Å². The van der Waals surface area contributed by atoms with Gasteiger partial charge in [-0.15, -0.1) is 23.1 Å². The summed E-state index contributed by atoms with van der Waals surface area (Å²) in [6.07, 6.45) is 0. The predicted octanol–water partition coefficient (Wildman–Crippen LogP) is 4.62. The predicted molar refractivity (Wildman–Crippen MR) is 118 cm³/mol. The Labute approximate surface area is 181 Å². The van der Waals surface area contributed by atoms with Crippen molar-refractivity contribution in [2.45, 2.75) is 24.0 Å². The third-order valence-corrected chi connectivity index (χ3v) is 6.13. The number of carbonyl (C=O) groups excluding carboxylic acids is 2. The van der Waals surface area contributed by atoms with Crippen LogP contribution in [0.1, 0.15) is 13.8 Å². The van der Waals surface area contributed by atoms with Gasteiger partial charge in [0.15, 0.2) is 16.6 Å². The largest absolute Gasteiger partial charge is 0.454 e. The summed E-state index contributed by atoms with van der Waals surface area (Å²) in [5, 5.41) is 7.72. The van der Waals surface area contributed by atoms with Crippen molar-refractivity contribution in [1.29, 1.82) is 0 Å². The van der Waals surface area contributed by atoms with Crippen molar-refractivity contribution < 1.29 is 19.1 Å². The first-order chi connectivity index (χ1) is 14.5. The molecule has 2 N–H and O–H groups in total. The van der Waals surface area contributed by atoms with E-state index < -0.39 is 0 Å². The third kappa shape index (κ3) is 4.74. The number of thiazole rings is 1. The van der Waals surface area contributed by atoms with Crippen LogP contribution in [0.3, 0.4) is 0 Å². The molecule has 3 aromatic rings. The lowest BCUT2D eigenvalue weighted by atomic mass is 10.1. The number of carbonyl (C=O) groups is 2. The maximum absolute atomic E-state index is 12.6. The molecule has 0 saturated carbocycles. The van der Waals surface area contributed by atoms with Crippen molar-refractivity contribution in [2.75, 3.05) is 17.4 Å². The van der Waals surface area contributed by atoms with Gasteiger partial charge in [0.1, 0.15) is 0 Å². The SMILES string of the molecule is CC(=O)Nc1ccc(SC(C)C(=O)Nc2nc(-c3ccc4c(c3)OCO4)cs2)cc1. The monoisotopic (exact) mass is 441 g/mol. The number of thioether (sulfide) groups is 1. The number of amides is 2. The molecule has 1 aromatic heterocycles. The van der Waals surface area contributed by atoms with Gasteiger partial charge in [0.2, 0.25) is 18.6 Å². The number of aromatic nitrogens is 1. The molecule has 4 rings (SSSR count). The average molecular weight is 442 g/mol. The van der Waals surface area contributed by atoms with Crippen LogP contribution >= 0.6 is 23.1 Å². The molecule has 0 radical (unpaired) electrons. The molecule has 30 heavy (non-hydrogen) atoms. The number of anilines is 2. The van der Waals surface area contributed by atoms with Crippen LogP contribution < -0.4 is 20.1 Å². The fourth-order valence-corrected chi connectivity index (χ4v) is 4.39. The van der Waals surface area contributed by atoms with Crippen molar-refractivity contribution >= 4 is 45.7 Å². The molecule has 0 bridgehead atoms. The molecule has 7 nitrogen and oxygen atoms in total. The summed E-state index contributed by atoms with van der Waals surface area (Å²) in [5.74, 6) is 1.17. The topological polar surface area (TPSA) is 89.6 Å². The number of hydrogen-bond donors (Lipinski definition) is 2. The Bertz CT molecular complexity index is 1080. The van der Waals surface area contributed by atoms with Gasteiger partial charge in [0.25, 0.3) is 0 Å². The minimum absolute atomic E-state index is 0.119. The minimum Gasteiger partial charge on any atom is -0.454 e. The first kappa shape index (κ1) is 20.2.